The summed E-state index contributed by atoms with van der Waals surface area (Å²) in [5, 5.41) is 9.28. The lowest BCUT2D eigenvalue weighted by Crippen LogP contribution is -2.09. The molecular weight excluding hydrogens is 324 g/mol. The van der Waals surface area contributed by atoms with Crippen molar-refractivity contribution in [1.82, 2.24) is 0 Å². The average Bonchev–Trinajstić information content (AvgIpc) is 2.52. The topological polar surface area (TPSA) is 63.6 Å². The molecule has 0 saturated carbocycles. The van der Waals surface area contributed by atoms with Gasteiger partial charge in [0.2, 0.25) is 0 Å². The molecule has 0 fully saturated rings. The molecule has 130 valence electrons. The molecule has 0 amide bonds. The van der Waals surface area contributed by atoms with Crippen LogP contribution in [0.1, 0.15) is 23.1 Å². The molecular formula is C19H24O4S. The summed E-state index contributed by atoms with van der Waals surface area (Å²) in [7, 11) is -2.95. The number of hydrogen-bond donors (Lipinski definition) is 1. The Balaban J connectivity index is 2.16. The van der Waals surface area contributed by atoms with E-state index in [-0.39, 0.29) is 12.4 Å². The Hall–Kier alpha value is -1.85. The Kier molecular flexibility index (Phi) is 6.02. The molecule has 2 aromatic carbocycles. The van der Waals surface area contributed by atoms with Gasteiger partial charge in [-0.15, -0.1) is 0 Å². The van der Waals surface area contributed by atoms with E-state index in [1.165, 1.54) is 6.26 Å². The van der Waals surface area contributed by atoms with Crippen molar-refractivity contribution in [3.8, 4) is 16.9 Å². The molecule has 0 aromatic heterocycles. The molecule has 0 heterocycles. The highest BCUT2D eigenvalue weighted by Gasteiger charge is 2.09. The molecule has 2 aromatic rings. The number of rotatable bonds is 7. The SMILES string of the molecule is Cc1cc(-c2cccc(CO)c2)cc(C)c1OCCCS(C)(=O)=O. The normalized spacial score (nSPS) is 11.5. The number of hydrogen-bond acceptors (Lipinski definition) is 4. The van der Waals surface area contributed by atoms with E-state index < -0.39 is 9.84 Å². The Labute approximate surface area is 144 Å². The summed E-state index contributed by atoms with van der Waals surface area (Å²) in [6.07, 6.45) is 1.72. The number of ether oxygens (including phenoxy) is 1. The third-order valence-corrected chi connectivity index (χ3v) is 4.84. The van der Waals surface area contributed by atoms with E-state index in [0.29, 0.717) is 13.0 Å². The van der Waals surface area contributed by atoms with Gasteiger partial charge in [0.25, 0.3) is 0 Å². The van der Waals surface area contributed by atoms with E-state index in [2.05, 4.69) is 12.1 Å². The highest BCUT2D eigenvalue weighted by molar-refractivity contribution is 7.90. The predicted molar refractivity (Wildman–Crippen MR) is 97.1 cm³/mol. The van der Waals surface area contributed by atoms with Crippen LogP contribution in [0, 0.1) is 13.8 Å². The van der Waals surface area contributed by atoms with Crippen molar-refractivity contribution in [2.75, 3.05) is 18.6 Å². The zero-order chi connectivity index (χ0) is 17.7. The lowest BCUT2D eigenvalue weighted by atomic mass is 9.98. The van der Waals surface area contributed by atoms with Crippen LogP contribution in [0.15, 0.2) is 36.4 Å². The number of aryl methyl sites for hydroxylation is 2. The van der Waals surface area contributed by atoms with Crippen LogP contribution in [-0.2, 0) is 16.4 Å². The van der Waals surface area contributed by atoms with Crippen LogP contribution in [0.4, 0.5) is 0 Å². The van der Waals surface area contributed by atoms with Crippen LogP contribution >= 0.6 is 0 Å². The fourth-order valence-corrected chi connectivity index (χ4v) is 3.33. The fraction of sp³-hybridized carbons (Fsp3) is 0.368. The van der Waals surface area contributed by atoms with Crippen LogP contribution in [0.3, 0.4) is 0 Å². The predicted octanol–water partition coefficient (Wildman–Crippen LogP) is 3.28. The molecule has 1 N–H and O–H groups in total. The van der Waals surface area contributed by atoms with Crippen LogP contribution in [0.2, 0.25) is 0 Å². The van der Waals surface area contributed by atoms with Gasteiger partial charge in [-0.25, -0.2) is 8.42 Å². The lowest BCUT2D eigenvalue weighted by molar-refractivity contribution is 0.282. The zero-order valence-corrected chi connectivity index (χ0v) is 15.2. The quantitative estimate of drug-likeness (QED) is 0.780. The number of aliphatic hydroxyl groups is 1. The Morgan fingerprint density at radius 1 is 1.04 bits per heavy atom. The Morgan fingerprint density at radius 2 is 1.71 bits per heavy atom. The third-order valence-electron chi connectivity index (χ3n) is 3.81. The first-order valence-electron chi connectivity index (χ1n) is 7.92. The van der Waals surface area contributed by atoms with E-state index in [4.69, 9.17) is 4.74 Å². The molecule has 0 aliphatic carbocycles. The molecule has 4 nitrogen and oxygen atoms in total. The van der Waals surface area contributed by atoms with Gasteiger partial charge in [-0.1, -0.05) is 18.2 Å². The molecule has 5 heteroatoms. The maximum atomic E-state index is 11.2. The van der Waals surface area contributed by atoms with E-state index in [1.54, 1.807) is 0 Å². The van der Waals surface area contributed by atoms with Crippen molar-refractivity contribution in [1.29, 1.82) is 0 Å². The van der Waals surface area contributed by atoms with Crippen LogP contribution in [0.25, 0.3) is 11.1 Å². The third kappa shape index (κ3) is 5.08. The highest BCUT2D eigenvalue weighted by atomic mass is 32.2. The molecule has 2 rings (SSSR count). The highest BCUT2D eigenvalue weighted by Crippen LogP contribution is 2.30. The molecule has 24 heavy (non-hydrogen) atoms. The van der Waals surface area contributed by atoms with Crippen molar-refractivity contribution >= 4 is 9.84 Å². The minimum Gasteiger partial charge on any atom is -0.493 e. The summed E-state index contributed by atoms with van der Waals surface area (Å²) in [4.78, 5) is 0. The standard InChI is InChI=1S/C19H24O4S/c1-14-10-18(17-7-4-6-16(12-17)13-20)11-15(2)19(14)23-8-5-9-24(3,21)22/h4,6-7,10-12,20H,5,8-9,13H2,1-3H3. The summed E-state index contributed by atoms with van der Waals surface area (Å²) in [5.74, 6) is 0.947. The molecule has 0 spiro atoms. The van der Waals surface area contributed by atoms with Crippen LogP contribution in [0.5, 0.6) is 5.75 Å². The molecule has 0 atom stereocenters. The molecule has 0 saturated heterocycles. The molecule has 0 unspecified atom stereocenters. The molecule has 0 radical (unpaired) electrons. The lowest BCUT2D eigenvalue weighted by Gasteiger charge is -2.14. The van der Waals surface area contributed by atoms with Gasteiger partial charge < -0.3 is 9.84 Å². The summed E-state index contributed by atoms with van der Waals surface area (Å²) < 4.78 is 28.1. The van der Waals surface area contributed by atoms with Gasteiger partial charge in [0.05, 0.1) is 19.0 Å². The maximum Gasteiger partial charge on any atom is 0.147 e. The van der Waals surface area contributed by atoms with Gasteiger partial charge in [0, 0.05) is 6.26 Å². The number of aliphatic hydroxyl groups excluding tert-OH is 1. The van der Waals surface area contributed by atoms with Gasteiger partial charge in [0.1, 0.15) is 15.6 Å². The average molecular weight is 348 g/mol. The van der Waals surface area contributed by atoms with Crippen LogP contribution < -0.4 is 4.74 Å². The largest absolute Gasteiger partial charge is 0.493 e. The number of benzene rings is 2. The first-order valence-corrected chi connectivity index (χ1v) is 9.98. The van der Waals surface area contributed by atoms with E-state index in [9.17, 15) is 13.5 Å². The summed E-state index contributed by atoms with van der Waals surface area (Å²) in [5.41, 5.74) is 5.03. The maximum absolute atomic E-state index is 11.2. The minimum atomic E-state index is -2.95. The van der Waals surface area contributed by atoms with Gasteiger partial charge in [-0.05, 0) is 66.3 Å². The van der Waals surface area contributed by atoms with E-state index >= 15 is 0 Å². The minimum absolute atomic E-state index is 0.0212. The second kappa shape index (κ2) is 7.81. The molecule has 0 aliphatic rings. The van der Waals surface area contributed by atoms with E-state index in [1.807, 2.05) is 38.1 Å². The first-order chi connectivity index (χ1) is 11.3. The number of sulfone groups is 1. The monoisotopic (exact) mass is 348 g/mol. The second-order valence-corrected chi connectivity index (χ2v) is 8.39. The van der Waals surface area contributed by atoms with Gasteiger partial charge in [0.15, 0.2) is 0 Å². The molecule has 0 aliphatic heterocycles. The Bertz CT molecular complexity index is 787. The van der Waals surface area contributed by atoms with Crippen molar-refractivity contribution in [3.05, 3.63) is 53.1 Å². The second-order valence-electron chi connectivity index (χ2n) is 6.13. The Morgan fingerprint density at radius 3 is 2.29 bits per heavy atom. The smallest absolute Gasteiger partial charge is 0.147 e. The van der Waals surface area contributed by atoms with Gasteiger partial charge in [-0.3, -0.25) is 0 Å². The van der Waals surface area contributed by atoms with Crippen molar-refractivity contribution in [2.24, 2.45) is 0 Å². The van der Waals surface area contributed by atoms with Gasteiger partial charge in [-0.2, -0.15) is 0 Å². The van der Waals surface area contributed by atoms with E-state index in [0.717, 1.165) is 33.6 Å². The first kappa shape index (κ1) is 18.5. The summed E-state index contributed by atoms with van der Waals surface area (Å²) in [6, 6.07) is 11.9. The summed E-state index contributed by atoms with van der Waals surface area (Å²) >= 11 is 0. The summed E-state index contributed by atoms with van der Waals surface area (Å²) in [6.45, 7) is 4.37. The van der Waals surface area contributed by atoms with Crippen molar-refractivity contribution in [3.63, 3.8) is 0 Å². The van der Waals surface area contributed by atoms with Gasteiger partial charge >= 0.3 is 0 Å². The van der Waals surface area contributed by atoms with Crippen molar-refractivity contribution < 1.29 is 18.3 Å². The zero-order valence-electron chi connectivity index (χ0n) is 14.4. The van der Waals surface area contributed by atoms with Crippen molar-refractivity contribution in [2.45, 2.75) is 26.9 Å². The molecule has 0 bridgehead atoms. The van der Waals surface area contributed by atoms with Crippen LogP contribution in [-0.4, -0.2) is 32.1 Å². The fourth-order valence-electron chi connectivity index (χ4n) is 2.69.